The predicted molar refractivity (Wildman–Crippen MR) is 106 cm³/mol. The van der Waals surface area contributed by atoms with Gasteiger partial charge in [-0.1, -0.05) is 5.57 Å². The second-order valence-corrected chi connectivity index (χ2v) is 7.70. The number of fused-ring (bicyclic) bond motifs is 1. The molecule has 0 radical (unpaired) electrons. The number of allylic oxidation sites excluding steroid dienone is 1. The normalized spacial score (nSPS) is 14.9. The van der Waals surface area contributed by atoms with Gasteiger partial charge in [-0.3, -0.25) is 4.79 Å². The summed E-state index contributed by atoms with van der Waals surface area (Å²) in [5.41, 5.74) is 3.66. The fourth-order valence-electron chi connectivity index (χ4n) is 3.24. The minimum Gasteiger partial charge on any atom is -0.493 e. The second-order valence-electron chi connectivity index (χ2n) is 6.58. The van der Waals surface area contributed by atoms with Gasteiger partial charge in [0.05, 0.1) is 12.9 Å². The van der Waals surface area contributed by atoms with E-state index in [0.717, 1.165) is 39.4 Å². The average molecular weight is 394 g/mol. The number of nitrogens with one attached hydrogen (secondary N) is 1. The van der Waals surface area contributed by atoms with Crippen LogP contribution in [0.1, 0.15) is 42.6 Å². The first-order chi connectivity index (χ1) is 13.6. The van der Waals surface area contributed by atoms with Gasteiger partial charge in [0.15, 0.2) is 5.78 Å². The van der Waals surface area contributed by atoms with E-state index in [-0.39, 0.29) is 5.78 Å². The molecule has 0 saturated heterocycles. The van der Waals surface area contributed by atoms with Gasteiger partial charge < -0.3 is 14.8 Å². The number of benzene rings is 1. The van der Waals surface area contributed by atoms with Crippen molar-refractivity contribution in [3.8, 4) is 5.75 Å². The summed E-state index contributed by atoms with van der Waals surface area (Å²) in [6, 6.07) is 8.94. The number of ether oxygens (including phenoxy) is 1. The molecule has 2 heterocycles. The molecule has 0 bridgehead atoms. The van der Waals surface area contributed by atoms with E-state index >= 15 is 0 Å². The molecule has 1 aromatic carbocycles. The van der Waals surface area contributed by atoms with Crippen molar-refractivity contribution in [1.82, 2.24) is 9.97 Å². The number of hydrogen-bond acceptors (Lipinski definition) is 5. The lowest BCUT2D eigenvalue weighted by Gasteiger charge is -2.18. The Balaban J connectivity index is 1.48. The Hall–Kier alpha value is -3.19. The van der Waals surface area contributed by atoms with Gasteiger partial charge >= 0.3 is 5.97 Å². The van der Waals surface area contributed by atoms with E-state index in [9.17, 15) is 9.59 Å². The number of aromatic amines is 1. The highest BCUT2D eigenvalue weighted by Gasteiger charge is 2.21. The zero-order valence-corrected chi connectivity index (χ0v) is 15.8. The molecule has 6 nitrogen and oxygen atoms in total. The predicted octanol–water partition coefficient (Wildman–Crippen LogP) is 4.00. The molecule has 0 fully saturated rings. The third-order valence-corrected chi connectivity index (χ3v) is 5.58. The summed E-state index contributed by atoms with van der Waals surface area (Å²) >= 11 is 1.21. The first-order valence-electron chi connectivity index (χ1n) is 8.87. The number of carbonyl (C=O) groups excluding carboxylic acids is 1. The zero-order valence-electron chi connectivity index (χ0n) is 15.0. The lowest BCUT2D eigenvalue weighted by molar-refractivity contribution is 0.0702. The number of nitrogens with zero attached hydrogens (tertiary/aromatic N) is 1. The van der Waals surface area contributed by atoms with Crippen LogP contribution in [0.2, 0.25) is 0 Å². The molecule has 4 rings (SSSR count). The Morgan fingerprint density at radius 2 is 2.18 bits per heavy atom. The van der Waals surface area contributed by atoms with Crippen molar-refractivity contribution in [2.45, 2.75) is 19.3 Å². The molecule has 1 aliphatic carbocycles. The highest BCUT2D eigenvalue weighted by Crippen LogP contribution is 2.30. The molecule has 0 unspecified atom stereocenters. The Morgan fingerprint density at radius 1 is 1.29 bits per heavy atom. The molecule has 0 spiro atoms. The molecule has 142 valence electrons. The van der Waals surface area contributed by atoms with Crippen molar-refractivity contribution >= 4 is 29.2 Å². The largest absolute Gasteiger partial charge is 0.493 e. The number of rotatable bonds is 6. The molecular weight excluding hydrogens is 376 g/mol. The van der Waals surface area contributed by atoms with E-state index in [1.54, 1.807) is 24.7 Å². The van der Waals surface area contributed by atoms with Crippen LogP contribution in [-0.4, -0.2) is 33.4 Å². The number of carboxylic acids is 1. The molecule has 0 aliphatic heterocycles. The number of H-pyrrole nitrogens is 1. The molecule has 2 N–H and O–H groups in total. The fraction of sp³-hybridized carbons (Fsp3) is 0.190. The second kappa shape index (κ2) is 7.82. The van der Waals surface area contributed by atoms with Gasteiger partial charge in [0.2, 0.25) is 0 Å². The maximum Gasteiger partial charge on any atom is 0.345 e. The summed E-state index contributed by atoms with van der Waals surface area (Å²) < 4.78 is 5.82. The highest BCUT2D eigenvalue weighted by atomic mass is 32.1. The summed E-state index contributed by atoms with van der Waals surface area (Å²) in [6.45, 7) is 0.519. The van der Waals surface area contributed by atoms with Gasteiger partial charge in [-0.25, -0.2) is 9.78 Å². The van der Waals surface area contributed by atoms with Crippen LogP contribution in [-0.2, 0) is 12.8 Å². The minimum absolute atomic E-state index is 0.0755. The van der Waals surface area contributed by atoms with Gasteiger partial charge in [-0.15, -0.1) is 11.3 Å². The van der Waals surface area contributed by atoms with Crippen LogP contribution in [0, 0.1) is 0 Å². The highest BCUT2D eigenvalue weighted by molar-refractivity contribution is 7.14. The average Bonchev–Trinajstić information content (AvgIpc) is 3.33. The topological polar surface area (TPSA) is 92.3 Å². The van der Waals surface area contributed by atoms with Crippen molar-refractivity contribution in [3.63, 3.8) is 0 Å². The standard InChI is InChI=1S/C21H18N2O4S/c24-19-9-13(8-17-2-4-20(28-17)21(25)26)7-14-10-16(1-3-18(14)19)27-6-5-15-11-22-12-23-15/h1-4,8,10-12H,5-7,9H2,(H,22,23)(H,25,26). The third-order valence-electron chi connectivity index (χ3n) is 4.56. The van der Waals surface area contributed by atoms with Crippen LogP contribution >= 0.6 is 11.3 Å². The van der Waals surface area contributed by atoms with E-state index in [1.165, 1.54) is 11.3 Å². The van der Waals surface area contributed by atoms with E-state index in [2.05, 4.69) is 9.97 Å². The lowest BCUT2D eigenvalue weighted by Crippen LogP contribution is -2.13. The van der Waals surface area contributed by atoms with Crippen molar-refractivity contribution in [3.05, 3.63) is 75.0 Å². The summed E-state index contributed by atoms with van der Waals surface area (Å²) in [5.74, 6) is -0.125. The van der Waals surface area contributed by atoms with Gasteiger partial charge in [-0.05, 0) is 48.4 Å². The van der Waals surface area contributed by atoms with Crippen LogP contribution in [0.15, 0.2) is 48.4 Å². The summed E-state index contributed by atoms with van der Waals surface area (Å²) in [5, 5.41) is 9.05. The molecule has 0 amide bonds. The molecule has 0 atom stereocenters. The van der Waals surface area contributed by atoms with Gasteiger partial charge in [0.25, 0.3) is 0 Å². The van der Waals surface area contributed by atoms with Crippen LogP contribution in [0.25, 0.3) is 6.08 Å². The number of carbonyl (C=O) groups is 2. The molecule has 0 saturated carbocycles. The number of ketones is 1. The lowest BCUT2D eigenvalue weighted by atomic mass is 9.86. The Morgan fingerprint density at radius 3 is 2.93 bits per heavy atom. The Labute approximate surface area is 165 Å². The van der Waals surface area contributed by atoms with E-state index in [4.69, 9.17) is 9.84 Å². The van der Waals surface area contributed by atoms with Crippen LogP contribution in [0.4, 0.5) is 0 Å². The number of carboxylic acid groups (broad SMARTS) is 1. The quantitative estimate of drug-likeness (QED) is 0.659. The van der Waals surface area contributed by atoms with Crippen molar-refractivity contribution in [2.24, 2.45) is 0 Å². The molecule has 2 aromatic heterocycles. The van der Waals surface area contributed by atoms with Crippen molar-refractivity contribution in [1.29, 1.82) is 0 Å². The third kappa shape index (κ3) is 4.04. The maximum absolute atomic E-state index is 12.5. The van der Waals surface area contributed by atoms with Crippen molar-refractivity contribution < 1.29 is 19.4 Å². The monoisotopic (exact) mass is 394 g/mol. The summed E-state index contributed by atoms with van der Waals surface area (Å²) in [6.07, 6.45) is 7.06. The van der Waals surface area contributed by atoms with Gasteiger partial charge in [0, 0.05) is 35.2 Å². The van der Waals surface area contributed by atoms with Gasteiger partial charge in [0.1, 0.15) is 10.6 Å². The summed E-state index contributed by atoms with van der Waals surface area (Å²) in [7, 11) is 0. The Kier molecular flexibility index (Phi) is 5.08. The minimum atomic E-state index is -0.934. The molecular formula is C21H18N2O4S. The Bertz CT molecular complexity index is 1050. The fourth-order valence-corrected chi connectivity index (χ4v) is 4.07. The van der Waals surface area contributed by atoms with Gasteiger partial charge in [-0.2, -0.15) is 0 Å². The molecule has 7 heteroatoms. The molecule has 3 aromatic rings. The maximum atomic E-state index is 12.5. The molecule has 28 heavy (non-hydrogen) atoms. The number of aromatic carboxylic acids is 1. The molecule has 1 aliphatic rings. The SMILES string of the molecule is O=C(O)c1ccc(C=C2CC(=O)c3ccc(OCCc4cnc[nH]4)cc3C2)s1. The van der Waals surface area contributed by atoms with E-state index in [0.29, 0.717) is 24.3 Å². The van der Waals surface area contributed by atoms with E-state index in [1.807, 2.05) is 24.3 Å². The number of aromatic nitrogens is 2. The van der Waals surface area contributed by atoms with Crippen LogP contribution in [0.5, 0.6) is 5.75 Å². The first kappa shape index (κ1) is 18.2. The number of thiophene rings is 1. The smallest absolute Gasteiger partial charge is 0.345 e. The van der Waals surface area contributed by atoms with Crippen LogP contribution < -0.4 is 4.74 Å². The van der Waals surface area contributed by atoms with Crippen molar-refractivity contribution in [2.75, 3.05) is 6.61 Å². The number of imidazole rings is 1. The zero-order chi connectivity index (χ0) is 19.5. The summed E-state index contributed by atoms with van der Waals surface area (Å²) in [4.78, 5) is 31.7. The van der Waals surface area contributed by atoms with Crippen LogP contribution in [0.3, 0.4) is 0 Å². The number of Topliss-reactive ketones (excluding diaryl/α,β-unsaturated/α-hetero) is 1. The first-order valence-corrected chi connectivity index (χ1v) is 9.69. The number of hydrogen-bond donors (Lipinski definition) is 2. The van der Waals surface area contributed by atoms with E-state index < -0.39 is 5.97 Å².